The highest BCUT2D eigenvalue weighted by Gasteiger charge is 2.54. The van der Waals surface area contributed by atoms with Crippen LogP contribution in [-0.4, -0.2) is 26.2 Å². The van der Waals surface area contributed by atoms with Crippen molar-refractivity contribution in [2.75, 3.05) is 6.61 Å². The maximum absolute atomic E-state index is 13.0. The van der Waals surface area contributed by atoms with Gasteiger partial charge in [0.25, 0.3) is 0 Å². The minimum absolute atomic E-state index is 0.0285. The number of esters is 1. The molecule has 0 aromatic heterocycles. The number of rotatable bonds is 4. The van der Waals surface area contributed by atoms with E-state index in [-0.39, 0.29) is 23.3 Å². The Bertz CT molecular complexity index is 708. The lowest BCUT2D eigenvalue weighted by atomic mass is 9.93. The van der Waals surface area contributed by atoms with Crippen LogP contribution in [-0.2, 0) is 19.4 Å². The first kappa shape index (κ1) is 15.7. The fraction of sp³-hybridized carbons (Fsp3) is 0.438. The van der Waals surface area contributed by atoms with E-state index in [1.54, 1.807) is 31.2 Å². The second kappa shape index (κ2) is 5.81. The van der Waals surface area contributed by atoms with Crippen molar-refractivity contribution in [3.8, 4) is 0 Å². The van der Waals surface area contributed by atoms with Gasteiger partial charge in [-0.1, -0.05) is 28.1 Å². The summed E-state index contributed by atoms with van der Waals surface area (Å²) in [6.45, 7) is 2.00. The summed E-state index contributed by atoms with van der Waals surface area (Å²) in [5.41, 5.74) is 0. The highest BCUT2D eigenvalue weighted by molar-refractivity contribution is 9.10. The molecule has 0 aliphatic heterocycles. The zero-order chi connectivity index (χ0) is 15.9. The molecule has 0 unspecified atom stereocenters. The monoisotopic (exact) mass is 384 g/mol. The van der Waals surface area contributed by atoms with E-state index >= 15 is 0 Å². The Morgan fingerprint density at radius 1 is 1.23 bits per heavy atom. The molecule has 1 saturated carbocycles. The normalized spacial score (nSPS) is 29.7. The predicted molar refractivity (Wildman–Crippen MR) is 86.0 cm³/mol. The van der Waals surface area contributed by atoms with Crippen LogP contribution >= 0.6 is 15.9 Å². The van der Waals surface area contributed by atoms with Crippen LogP contribution in [0.1, 0.15) is 13.3 Å². The molecule has 22 heavy (non-hydrogen) atoms. The first-order valence-corrected chi connectivity index (χ1v) is 9.63. The van der Waals surface area contributed by atoms with Crippen LogP contribution in [0.4, 0.5) is 0 Å². The summed E-state index contributed by atoms with van der Waals surface area (Å²) in [5, 5.41) is -0.720. The number of benzene rings is 1. The molecule has 4 atom stereocenters. The topological polar surface area (TPSA) is 60.4 Å². The summed E-state index contributed by atoms with van der Waals surface area (Å²) in [4.78, 5) is 12.5. The number of sulfone groups is 1. The standard InChI is InChI=1S/C16H17BrO4S/c1-2-21-16(18)14-10-3-4-11(9-10)15(14)22(19,20)13-7-5-12(17)6-8-13/h3-8,10-11,14-15H,2,9H2,1H3/t10-,11+,14-,15+/m0/s1. The van der Waals surface area contributed by atoms with Gasteiger partial charge >= 0.3 is 5.97 Å². The molecule has 1 aromatic rings. The molecule has 1 aromatic carbocycles. The van der Waals surface area contributed by atoms with Gasteiger partial charge in [-0.05, 0) is 49.4 Å². The first-order chi connectivity index (χ1) is 10.4. The fourth-order valence-electron chi connectivity index (χ4n) is 3.53. The predicted octanol–water partition coefficient (Wildman–Crippen LogP) is 2.98. The van der Waals surface area contributed by atoms with E-state index in [0.29, 0.717) is 6.42 Å². The van der Waals surface area contributed by atoms with Crippen LogP contribution in [0.25, 0.3) is 0 Å². The first-order valence-electron chi connectivity index (χ1n) is 7.29. The third kappa shape index (κ3) is 2.52. The largest absolute Gasteiger partial charge is 0.466 e. The third-order valence-electron chi connectivity index (χ3n) is 4.45. The maximum atomic E-state index is 13.0. The number of carbonyl (C=O) groups is 1. The van der Waals surface area contributed by atoms with Gasteiger partial charge in [-0.2, -0.15) is 0 Å². The molecule has 1 fully saturated rings. The molecule has 6 heteroatoms. The highest BCUT2D eigenvalue weighted by atomic mass is 79.9. The SMILES string of the molecule is CCOC(=O)[C@@H]1[C@H](S(=O)(=O)c2ccc(Br)cc2)[C@@H]2C=C[C@H]1C2. The van der Waals surface area contributed by atoms with Gasteiger partial charge in [-0.25, -0.2) is 8.42 Å². The van der Waals surface area contributed by atoms with Crippen LogP contribution in [0.15, 0.2) is 45.8 Å². The molecular formula is C16H17BrO4S. The second-order valence-electron chi connectivity index (χ2n) is 5.69. The second-order valence-corrected chi connectivity index (χ2v) is 8.71. The van der Waals surface area contributed by atoms with Crippen molar-refractivity contribution in [1.29, 1.82) is 0 Å². The quantitative estimate of drug-likeness (QED) is 0.591. The Balaban J connectivity index is 1.99. The van der Waals surface area contributed by atoms with Gasteiger partial charge in [-0.3, -0.25) is 4.79 Å². The van der Waals surface area contributed by atoms with Gasteiger partial charge in [0.15, 0.2) is 9.84 Å². The van der Waals surface area contributed by atoms with Crippen molar-refractivity contribution in [2.24, 2.45) is 17.8 Å². The minimum Gasteiger partial charge on any atom is -0.466 e. The Kier molecular flexibility index (Phi) is 4.16. The Labute approximate surface area is 138 Å². The highest BCUT2D eigenvalue weighted by Crippen LogP contribution is 2.49. The number of allylic oxidation sites excluding steroid dienone is 2. The summed E-state index contributed by atoms with van der Waals surface area (Å²) in [5.74, 6) is -1.12. The van der Waals surface area contributed by atoms with Crippen molar-refractivity contribution >= 4 is 31.7 Å². The number of hydrogen-bond donors (Lipinski definition) is 0. The van der Waals surface area contributed by atoms with Crippen LogP contribution in [0.5, 0.6) is 0 Å². The lowest BCUT2D eigenvalue weighted by Crippen LogP contribution is -2.39. The molecule has 118 valence electrons. The lowest BCUT2D eigenvalue weighted by Gasteiger charge is -2.26. The van der Waals surface area contributed by atoms with E-state index in [0.717, 1.165) is 4.47 Å². The van der Waals surface area contributed by atoms with Gasteiger partial charge in [0, 0.05) is 4.47 Å². The summed E-state index contributed by atoms with van der Waals surface area (Å²) in [6.07, 6.45) is 4.60. The summed E-state index contributed by atoms with van der Waals surface area (Å²) < 4.78 is 31.9. The van der Waals surface area contributed by atoms with Crippen molar-refractivity contribution in [1.82, 2.24) is 0 Å². The molecule has 3 rings (SSSR count). The van der Waals surface area contributed by atoms with Gasteiger partial charge in [0.05, 0.1) is 22.7 Å². The maximum Gasteiger partial charge on any atom is 0.310 e. The molecule has 0 saturated heterocycles. The molecule has 4 nitrogen and oxygen atoms in total. The summed E-state index contributed by atoms with van der Waals surface area (Å²) in [7, 11) is -3.57. The number of halogens is 1. The van der Waals surface area contributed by atoms with E-state index in [9.17, 15) is 13.2 Å². The van der Waals surface area contributed by atoms with E-state index < -0.39 is 27.0 Å². The molecular weight excluding hydrogens is 368 g/mol. The zero-order valence-corrected chi connectivity index (χ0v) is 14.5. The third-order valence-corrected chi connectivity index (χ3v) is 7.26. The van der Waals surface area contributed by atoms with Crippen molar-refractivity contribution in [3.63, 3.8) is 0 Å². The number of fused-ring (bicyclic) bond motifs is 2. The zero-order valence-electron chi connectivity index (χ0n) is 12.1. The minimum atomic E-state index is -3.57. The average Bonchev–Trinajstić information content (AvgIpc) is 3.08. The molecule has 2 aliphatic carbocycles. The molecule has 2 bridgehead atoms. The number of ether oxygens (including phenoxy) is 1. The average molecular weight is 385 g/mol. The fourth-order valence-corrected chi connectivity index (χ4v) is 5.98. The molecule has 0 heterocycles. The van der Waals surface area contributed by atoms with Gasteiger partial charge in [0.2, 0.25) is 0 Å². The molecule has 2 aliphatic rings. The van der Waals surface area contributed by atoms with Crippen LogP contribution in [0.2, 0.25) is 0 Å². The number of hydrogen-bond acceptors (Lipinski definition) is 4. The van der Waals surface area contributed by atoms with Crippen LogP contribution < -0.4 is 0 Å². The number of carbonyl (C=O) groups excluding carboxylic acids is 1. The Morgan fingerprint density at radius 2 is 1.86 bits per heavy atom. The smallest absolute Gasteiger partial charge is 0.310 e. The van der Waals surface area contributed by atoms with Crippen molar-refractivity contribution in [3.05, 3.63) is 40.9 Å². The molecule has 0 radical (unpaired) electrons. The van der Waals surface area contributed by atoms with Gasteiger partial charge in [0.1, 0.15) is 0 Å². The van der Waals surface area contributed by atoms with Crippen LogP contribution in [0.3, 0.4) is 0 Å². The Morgan fingerprint density at radius 3 is 2.50 bits per heavy atom. The molecule has 0 amide bonds. The van der Waals surface area contributed by atoms with Crippen LogP contribution in [0, 0.1) is 17.8 Å². The molecule has 0 N–H and O–H groups in total. The van der Waals surface area contributed by atoms with Crippen molar-refractivity contribution < 1.29 is 17.9 Å². The summed E-state index contributed by atoms with van der Waals surface area (Å²) in [6, 6.07) is 6.57. The van der Waals surface area contributed by atoms with E-state index in [1.165, 1.54) is 0 Å². The Hall–Kier alpha value is -1.14. The van der Waals surface area contributed by atoms with Crippen molar-refractivity contribution in [2.45, 2.75) is 23.5 Å². The van der Waals surface area contributed by atoms with E-state index in [4.69, 9.17) is 4.74 Å². The van der Waals surface area contributed by atoms with Gasteiger partial charge in [-0.15, -0.1) is 0 Å². The van der Waals surface area contributed by atoms with E-state index in [2.05, 4.69) is 15.9 Å². The van der Waals surface area contributed by atoms with E-state index in [1.807, 2.05) is 12.2 Å². The summed E-state index contributed by atoms with van der Waals surface area (Å²) >= 11 is 3.30. The van der Waals surface area contributed by atoms with Gasteiger partial charge < -0.3 is 4.74 Å². The lowest BCUT2D eigenvalue weighted by molar-refractivity contribution is -0.148. The molecule has 0 spiro atoms.